The van der Waals surface area contributed by atoms with Crippen LogP contribution in [0.1, 0.15) is 11.1 Å². The number of nitrogens with zero attached hydrogens (tertiary/aromatic N) is 2. The number of aromatic amines is 1. The molecule has 0 radical (unpaired) electrons. The Bertz CT molecular complexity index is 1420. The number of para-hydroxylation sites is 4. The number of aromatic nitrogens is 3. The van der Waals surface area contributed by atoms with Crippen LogP contribution in [0.5, 0.6) is 0 Å². The number of nitrogens with one attached hydrogen (secondary N) is 1. The number of aryl methyl sites for hydroxylation is 2. The molecule has 6 rings (SSSR count). The summed E-state index contributed by atoms with van der Waals surface area (Å²) in [7, 11) is 0. The first-order chi connectivity index (χ1) is 15.7. The fraction of sp³-hybridized carbons (Fsp3) is 0.0714. The van der Waals surface area contributed by atoms with E-state index in [-0.39, 0.29) is 0 Å². The van der Waals surface area contributed by atoms with Crippen LogP contribution in [0, 0.1) is 13.8 Å². The predicted molar refractivity (Wildman–Crippen MR) is 129 cm³/mol. The molecule has 0 aliphatic carbocycles. The van der Waals surface area contributed by atoms with Crippen molar-refractivity contribution in [1.29, 1.82) is 0 Å². The first-order valence-electron chi connectivity index (χ1n) is 10.7. The smallest absolute Gasteiger partial charge is 0.227 e. The van der Waals surface area contributed by atoms with Crippen LogP contribution in [-0.2, 0) is 0 Å². The molecule has 0 unspecified atom stereocenters. The average molecular weight is 415 g/mol. The molecule has 32 heavy (non-hydrogen) atoms. The third-order valence-corrected chi connectivity index (χ3v) is 5.97. The van der Waals surface area contributed by atoms with E-state index in [1.54, 1.807) is 0 Å². The SMILES string of the molecule is Cc1ccc(-c2nc3ccccc3[nH]2)cc1-c1cc(-c2nc3ccccc3o2)ccc1C. The van der Waals surface area contributed by atoms with E-state index in [0.29, 0.717) is 5.89 Å². The van der Waals surface area contributed by atoms with Gasteiger partial charge in [-0.2, -0.15) is 0 Å². The van der Waals surface area contributed by atoms with Crippen molar-refractivity contribution < 1.29 is 4.42 Å². The third kappa shape index (κ3) is 3.08. The van der Waals surface area contributed by atoms with E-state index < -0.39 is 0 Å². The van der Waals surface area contributed by atoms with Gasteiger partial charge >= 0.3 is 0 Å². The number of rotatable bonds is 3. The van der Waals surface area contributed by atoms with Gasteiger partial charge in [0.1, 0.15) is 11.3 Å². The van der Waals surface area contributed by atoms with Gasteiger partial charge in [-0.25, -0.2) is 9.97 Å². The van der Waals surface area contributed by atoms with Gasteiger partial charge in [0.05, 0.1) is 11.0 Å². The van der Waals surface area contributed by atoms with E-state index in [4.69, 9.17) is 9.40 Å². The number of benzene rings is 4. The minimum Gasteiger partial charge on any atom is -0.436 e. The lowest BCUT2D eigenvalue weighted by Gasteiger charge is -2.12. The van der Waals surface area contributed by atoms with E-state index >= 15 is 0 Å². The standard InChI is InChI=1S/C28H21N3O/c1-17-11-13-19(27-29-23-7-3-4-8-24(23)30-27)15-21(17)22-16-20(14-12-18(22)2)28-31-25-9-5-6-10-26(25)32-28/h3-16H,1-2H3,(H,29,30). The largest absolute Gasteiger partial charge is 0.436 e. The highest BCUT2D eigenvalue weighted by Crippen LogP contribution is 2.34. The molecule has 4 heteroatoms. The first kappa shape index (κ1) is 18.6. The van der Waals surface area contributed by atoms with E-state index in [1.807, 2.05) is 42.5 Å². The Kier molecular flexibility index (Phi) is 4.18. The van der Waals surface area contributed by atoms with Gasteiger partial charge in [-0.3, -0.25) is 0 Å². The zero-order valence-electron chi connectivity index (χ0n) is 17.9. The average Bonchev–Trinajstić information content (AvgIpc) is 3.44. The lowest BCUT2D eigenvalue weighted by molar-refractivity contribution is 0.620. The van der Waals surface area contributed by atoms with Crippen molar-refractivity contribution in [1.82, 2.24) is 15.0 Å². The quantitative estimate of drug-likeness (QED) is 0.329. The van der Waals surface area contributed by atoms with E-state index in [2.05, 4.69) is 66.3 Å². The van der Waals surface area contributed by atoms with Crippen LogP contribution in [0.4, 0.5) is 0 Å². The fourth-order valence-electron chi connectivity index (χ4n) is 4.19. The van der Waals surface area contributed by atoms with Gasteiger partial charge in [-0.15, -0.1) is 0 Å². The molecule has 2 heterocycles. The molecule has 0 fully saturated rings. The maximum Gasteiger partial charge on any atom is 0.227 e. The fourth-order valence-corrected chi connectivity index (χ4v) is 4.19. The Morgan fingerprint density at radius 3 is 2.06 bits per heavy atom. The van der Waals surface area contributed by atoms with Gasteiger partial charge in [0.2, 0.25) is 5.89 Å². The van der Waals surface area contributed by atoms with Gasteiger partial charge < -0.3 is 9.40 Å². The van der Waals surface area contributed by atoms with Gasteiger partial charge in [0.15, 0.2) is 5.58 Å². The highest BCUT2D eigenvalue weighted by molar-refractivity contribution is 5.83. The Morgan fingerprint density at radius 1 is 0.656 bits per heavy atom. The zero-order valence-corrected chi connectivity index (χ0v) is 17.9. The second-order valence-corrected chi connectivity index (χ2v) is 8.15. The first-order valence-corrected chi connectivity index (χ1v) is 10.7. The van der Waals surface area contributed by atoms with Gasteiger partial charge in [0.25, 0.3) is 0 Å². The topological polar surface area (TPSA) is 54.7 Å². The summed E-state index contributed by atoms with van der Waals surface area (Å²) in [5, 5.41) is 0. The van der Waals surface area contributed by atoms with Crippen molar-refractivity contribution >= 4 is 22.1 Å². The van der Waals surface area contributed by atoms with Crippen molar-refractivity contribution in [3.05, 3.63) is 96.1 Å². The Balaban J connectivity index is 1.47. The molecule has 1 N–H and O–H groups in total. The molecule has 4 nitrogen and oxygen atoms in total. The van der Waals surface area contributed by atoms with Crippen molar-refractivity contribution in [2.24, 2.45) is 0 Å². The summed E-state index contributed by atoms with van der Waals surface area (Å²) < 4.78 is 6.02. The number of H-pyrrole nitrogens is 1. The summed E-state index contributed by atoms with van der Waals surface area (Å²) >= 11 is 0. The van der Waals surface area contributed by atoms with Gasteiger partial charge in [-0.1, -0.05) is 42.5 Å². The molecule has 0 aliphatic heterocycles. The molecular weight excluding hydrogens is 394 g/mol. The maximum atomic E-state index is 6.02. The number of fused-ring (bicyclic) bond motifs is 2. The van der Waals surface area contributed by atoms with E-state index in [0.717, 1.165) is 39.1 Å². The summed E-state index contributed by atoms with van der Waals surface area (Å²) in [5.41, 5.74) is 10.5. The summed E-state index contributed by atoms with van der Waals surface area (Å²) in [4.78, 5) is 12.9. The molecule has 0 bridgehead atoms. The normalized spacial score (nSPS) is 11.4. The monoisotopic (exact) mass is 415 g/mol. The van der Waals surface area contributed by atoms with Gasteiger partial charge in [0, 0.05) is 11.1 Å². The Morgan fingerprint density at radius 2 is 1.31 bits per heavy atom. The van der Waals surface area contributed by atoms with Crippen LogP contribution in [-0.4, -0.2) is 15.0 Å². The van der Waals surface area contributed by atoms with Gasteiger partial charge in [-0.05, 0) is 78.6 Å². The highest BCUT2D eigenvalue weighted by Gasteiger charge is 2.14. The molecular formula is C28H21N3O. The van der Waals surface area contributed by atoms with Crippen molar-refractivity contribution in [3.63, 3.8) is 0 Å². The van der Waals surface area contributed by atoms with Crippen LogP contribution < -0.4 is 0 Å². The highest BCUT2D eigenvalue weighted by atomic mass is 16.3. The summed E-state index contributed by atoms with van der Waals surface area (Å²) in [6.07, 6.45) is 0. The maximum absolute atomic E-state index is 6.02. The number of hydrogen-bond acceptors (Lipinski definition) is 3. The summed E-state index contributed by atoms with van der Waals surface area (Å²) in [6.45, 7) is 4.28. The minimum absolute atomic E-state index is 0.638. The molecule has 2 aromatic heterocycles. The molecule has 0 amide bonds. The molecule has 6 aromatic rings. The molecule has 0 saturated heterocycles. The second-order valence-electron chi connectivity index (χ2n) is 8.15. The molecule has 0 saturated carbocycles. The number of hydrogen-bond donors (Lipinski definition) is 1. The van der Waals surface area contributed by atoms with E-state index in [9.17, 15) is 0 Å². The summed E-state index contributed by atoms with van der Waals surface area (Å²) in [5.74, 6) is 1.51. The van der Waals surface area contributed by atoms with Crippen LogP contribution >= 0.6 is 0 Å². The number of oxazole rings is 1. The lowest BCUT2D eigenvalue weighted by atomic mass is 9.93. The second kappa shape index (κ2) is 7.20. The van der Waals surface area contributed by atoms with Crippen LogP contribution in [0.2, 0.25) is 0 Å². The summed E-state index contributed by atoms with van der Waals surface area (Å²) in [6, 6.07) is 28.8. The Labute approximate surface area is 185 Å². The molecule has 154 valence electrons. The molecule has 0 spiro atoms. The molecule has 0 aliphatic rings. The number of imidazole rings is 1. The predicted octanol–water partition coefficient (Wildman–Crippen LogP) is 7.32. The van der Waals surface area contributed by atoms with Crippen LogP contribution in [0.3, 0.4) is 0 Å². The van der Waals surface area contributed by atoms with Crippen molar-refractivity contribution in [2.75, 3.05) is 0 Å². The van der Waals surface area contributed by atoms with Crippen LogP contribution in [0.15, 0.2) is 89.3 Å². The minimum atomic E-state index is 0.638. The molecule has 0 atom stereocenters. The zero-order chi connectivity index (χ0) is 21.7. The third-order valence-electron chi connectivity index (χ3n) is 5.97. The Hall–Kier alpha value is -4.18. The van der Waals surface area contributed by atoms with E-state index in [1.165, 1.54) is 22.3 Å². The van der Waals surface area contributed by atoms with Crippen molar-refractivity contribution in [3.8, 4) is 34.0 Å². The molecule has 4 aromatic carbocycles. The van der Waals surface area contributed by atoms with Crippen molar-refractivity contribution in [2.45, 2.75) is 13.8 Å². The van der Waals surface area contributed by atoms with Crippen LogP contribution in [0.25, 0.3) is 56.1 Å². The lowest BCUT2D eigenvalue weighted by Crippen LogP contribution is -1.91.